The molecule has 0 aliphatic heterocycles. The highest BCUT2D eigenvalue weighted by molar-refractivity contribution is 5.29. The van der Waals surface area contributed by atoms with Gasteiger partial charge in [0.2, 0.25) is 0 Å². The molecule has 0 N–H and O–H groups in total. The average Bonchev–Trinajstić information content (AvgIpc) is 2.46. The van der Waals surface area contributed by atoms with Crippen molar-refractivity contribution in [1.29, 1.82) is 0 Å². The predicted octanol–water partition coefficient (Wildman–Crippen LogP) is 6.12. The van der Waals surface area contributed by atoms with Crippen LogP contribution in [0.3, 0.4) is 0 Å². The van der Waals surface area contributed by atoms with Crippen LogP contribution in [0.5, 0.6) is 0 Å². The van der Waals surface area contributed by atoms with Crippen LogP contribution < -0.4 is 0 Å². The predicted molar refractivity (Wildman–Crippen MR) is 86.4 cm³/mol. The Hall–Kier alpha value is -1.30. The van der Waals surface area contributed by atoms with Crippen LogP contribution in [0.15, 0.2) is 54.1 Å². The summed E-state index contributed by atoms with van der Waals surface area (Å²) in [4.78, 5) is 0. The van der Waals surface area contributed by atoms with Gasteiger partial charge in [0.05, 0.1) is 0 Å². The lowest BCUT2D eigenvalue weighted by atomic mass is 9.85. The molecule has 1 aromatic carbocycles. The lowest BCUT2D eigenvalue weighted by molar-refractivity contribution is 0.476. The van der Waals surface area contributed by atoms with Crippen molar-refractivity contribution in [3.63, 3.8) is 0 Å². The summed E-state index contributed by atoms with van der Waals surface area (Å²) in [5.41, 5.74) is 2.91. The summed E-state index contributed by atoms with van der Waals surface area (Å²) in [5.74, 6) is 1.38. The summed E-state index contributed by atoms with van der Waals surface area (Å²) in [7, 11) is 0. The third kappa shape index (κ3) is 5.46. The zero-order valence-corrected chi connectivity index (χ0v) is 12.9. The molecule has 0 radical (unpaired) electrons. The topological polar surface area (TPSA) is 0 Å². The van der Waals surface area contributed by atoms with Crippen molar-refractivity contribution in [2.75, 3.05) is 0 Å². The van der Waals surface area contributed by atoms with E-state index in [1.165, 1.54) is 30.4 Å². The van der Waals surface area contributed by atoms with Gasteiger partial charge in [-0.25, -0.2) is 0 Å². The second kappa shape index (κ2) is 8.74. The van der Waals surface area contributed by atoms with Gasteiger partial charge in [-0.1, -0.05) is 74.4 Å². The number of benzene rings is 1. The third-order valence-corrected chi connectivity index (χ3v) is 3.95. The molecule has 0 aromatic heterocycles. The minimum atomic E-state index is 0.561. The van der Waals surface area contributed by atoms with Gasteiger partial charge in [-0.3, -0.25) is 0 Å². The van der Waals surface area contributed by atoms with Crippen molar-refractivity contribution < 1.29 is 0 Å². The Labute approximate surface area is 119 Å². The van der Waals surface area contributed by atoms with Crippen LogP contribution in [0.25, 0.3) is 0 Å². The lowest BCUT2D eigenvalue weighted by Crippen LogP contribution is -2.03. The van der Waals surface area contributed by atoms with Crippen molar-refractivity contribution in [3.8, 4) is 0 Å². The maximum Gasteiger partial charge on any atom is 0.00486 e. The zero-order valence-electron chi connectivity index (χ0n) is 12.9. The fraction of sp³-hybridized carbons (Fsp3) is 0.474. The van der Waals surface area contributed by atoms with Crippen LogP contribution in [-0.4, -0.2) is 0 Å². The minimum Gasteiger partial charge on any atom is -0.0877 e. The molecular weight excluding hydrogens is 228 g/mol. The zero-order chi connectivity index (χ0) is 14.1. The molecule has 0 aliphatic carbocycles. The van der Waals surface area contributed by atoms with E-state index in [0.29, 0.717) is 5.92 Å². The van der Waals surface area contributed by atoms with E-state index in [1.54, 1.807) is 0 Å². The molecule has 0 heteroatoms. The molecule has 0 amide bonds. The van der Waals surface area contributed by atoms with Gasteiger partial charge in [-0.2, -0.15) is 0 Å². The van der Waals surface area contributed by atoms with Gasteiger partial charge < -0.3 is 0 Å². The quantitative estimate of drug-likeness (QED) is 0.516. The van der Waals surface area contributed by atoms with E-state index in [1.807, 2.05) is 0 Å². The first-order valence-corrected chi connectivity index (χ1v) is 7.53. The normalized spacial score (nSPS) is 15.7. The molecule has 19 heavy (non-hydrogen) atoms. The number of rotatable bonds is 7. The van der Waals surface area contributed by atoms with Crippen molar-refractivity contribution in [1.82, 2.24) is 0 Å². The lowest BCUT2D eigenvalue weighted by Gasteiger charge is -2.20. The molecule has 0 saturated heterocycles. The molecule has 1 aromatic rings. The van der Waals surface area contributed by atoms with Gasteiger partial charge in [0, 0.05) is 5.92 Å². The molecule has 104 valence electrons. The van der Waals surface area contributed by atoms with Gasteiger partial charge in [0.25, 0.3) is 0 Å². The van der Waals surface area contributed by atoms with E-state index >= 15 is 0 Å². The summed E-state index contributed by atoms with van der Waals surface area (Å²) in [6.45, 7) is 8.96. The van der Waals surface area contributed by atoms with Crippen LogP contribution in [0.4, 0.5) is 0 Å². The summed E-state index contributed by atoms with van der Waals surface area (Å²) in [5, 5.41) is 0. The minimum absolute atomic E-state index is 0.561. The van der Waals surface area contributed by atoms with E-state index < -0.39 is 0 Å². The molecule has 0 fully saturated rings. The van der Waals surface area contributed by atoms with Crippen LogP contribution >= 0.6 is 0 Å². The Morgan fingerprint density at radius 3 is 2.42 bits per heavy atom. The van der Waals surface area contributed by atoms with Gasteiger partial charge in [0.1, 0.15) is 0 Å². The molecule has 0 bridgehead atoms. The summed E-state index contributed by atoms with van der Waals surface area (Å²) in [6, 6.07) is 10.9. The third-order valence-electron chi connectivity index (χ3n) is 3.95. The second-order valence-electron chi connectivity index (χ2n) is 5.49. The first-order valence-electron chi connectivity index (χ1n) is 7.53. The van der Waals surface area contributed by atoms with Gasteiger partial charge >= 0.3 is 0 Å². The standard InChI is InChI=1S/C19H28/c1-5-7-11-17(4)19(15-14-16(3)6-2)18-12-9-8-10-13-18/h5,7-13,16,19H,6,14-15H2,1-4H3/b7-5-,17-11+. The van der Waals surface area contributed by atoms with E-state index in [-0.39, 0.29) is 0 Å². The number of hydrogen-bond acceptors (Lipinski definition) is 0. The Balaban J connectivity index is 2.85. The van der Waals surface area contributed by atoms with Crippen LogP contribution in [0.1, 0.15) is 58.4 Å². The van der Waals surface area contributed by atoms with Crippen molar-refractivity contribution in [2.24, 2.45) is 5.92 Å². The largest absolute Gasteiger partial charge is 0.0877 e. The maximum atomic E-state index is 2.35. The van der Waals surface area contributed by atoms with Crippen molar-refractivity contribution in [2.45, 2.75) is 52.9 Å². The Bertz CT molecular complexity index is 397. The van der Waals surface area contributed by atoms with Crippen LogP contribution in [0, 0.1) is 5.92 Å². The summed E-state index contributed by atoms with van der Waals surface area (Å²) >= 11 is 0. The highest BCUT2D eigenvalue weighted by atomic mass is 14.2. The fourth-order valence-electron chi connectivity index (χ4n) is 2.36. The molecular formula is C19H28. The van der Waals surface area contributed by atoms with E-state index in [0.717, 1.165) is 5.92 Å². The molecule has 2 atom stereocenters. The second-order valence-corrected chi connectivity index (χ2v) is 5.49. The van der Waals surface area contributed by atoms with Crippen molar-refractivity contribution in [3.05, 3.63) is 59.7 Å². The Kier molecular flexibility index (Phi) is 7.25. The van der Waals surface area contributed by atoms with Crippen LogP contribution in [0.2, 0.25) is 0 Å². The maximum absolute atomic E-state index is 2.35. The fourth-order valence-corrected chi connectivity index (χ4v) is 2.36. The van der Waals surface area contributed by atoms with E-state index in [4.69, 9.17) is 0 Å². The molecule has 2 unspecified atom stereocenters. The number of allylic oxidation sites excluding steroid dienone is 4. The molecule has 0 spiro atoms. The number of hydrogen-bond donors (Lipinski definition) is 0. The Morgan fingerprint density at radius 2 is 1.84 bits per heavy atom. The Morgan fingerprint density at radius 1 is 1.16 bits per heavy atom. The molecule has 1 rings (SSSR count). The van der Waals surface area contributed by atoms with Crippen LogP contribution in [-0.2, 0) is 0 Å². The van der Waals surface area contributed by atoms with Gasteiger partial charge in [-0.05, 0) is 38.2 Å². The molecule has 0 heterocycles. The highest BCUT2D eigenvalue weighted by Gasteiger charge is 2.14. The van der Waals surface area contributed by atoms with Crippen molar-refractivity contribution >= 4 is 0 Å². The summed E-state index contributed by atoms with van der Waals surface area (Å²) < 4.78 is 0. The molecule has 0 nitrogen and oxygen atoms in total. The van der Waals surface area contributed by atoms with E-state index in [9.17, 15) is 0 Å². The molecule has 0 saturated carbocycles. The smallest absolute Gasteiger partial charge is 0.00486 e. The first-order chi connectivity index (χ1) is 9.19. The SMILES string of the molecule is C/C=C\C=C(/C)C(CCC(C)CC)c1ccccc1. The highest BCUT2D eigenvalue weighted by Crippen LogP contribution is 2.30. The average molecular weight is 256 g/mol. The monoisotopic (exact) mass is 256 g/mol. The summed E-state index contributed by atoms with van der Waals surface area (Å²) in [6.07, 6.45) is 10.3. The molecule has 0 aliphatic rings. The van der Waals surface area contributed by atoms with Gasteiger partial charge in [0.15, 0.2) is 0 Å². The van der Waals surface area contributed by atoms with E-state index in [2.05, 4.69) is 76.3 Å². The first kappa shape index (κ1) is 15.8. The van der Waals surface area contributed by atoms with Gasteiger partial charge in [-0.15, -0.1) is 0 Å².